The topological polar surface area (TPSA) is 32.8 Å². The van der Waals surface area contributed by atoms with Crippen molar-refractivity contribution in [3.05, 3.63) is 0 Å². The van der Waals surface area contributed by atoms with Gasteiger partial charge in [0.15, 0.2) is 0 Å². The fraction of sp³-hybridized carbons (Fsp3) is 1.00. The van der Waals surface area contributed by atoms with Gasteiger partial charge >= 0.3 is 6.18 Å². The maximum Gasteiger partial charge on any atom is 0.437 e. The summed E-state index contributed by atoms with van der Waals surface area (Å²) in [5.41, 5.74) is 0. The molecule has 0 aliphatic heterocycles. The van der Waals surface area contributed by atoms with Gasteiger partial charge in [-0.2, -0.15) is 13.2 Å². The summed E-state index contributed by atoms with van der Waals surface area (Å²) < 4.78 is 59.2. The van der Waals surface area contributed by atoms with Crippen LogP contribution in [0.3, 0.4) is 0 Å². The van der Waals surface area contributed by atoms with Gasteiger partial charge in [0.2, 0.25) is 0 Å². The lowest BCUT2D eigenvalue weighted by atomic mass is 10.6. The first-order valence-corrected chi connectivity index (χ1v) is 5.73. The lowest BCUT2D eigenvalue weighted by Gasteiger charge is -2.23. The maximum absolute atomic E-state index is 10.5. The molecular formula is C8H18F5N3OS. The second-order valence-corrected chi connectivity index (χ2v) is 6.38. The van der Waals surface area contributed by atoms with Gasteiger partial charge in [0.1, 0.15) is 0 Å². The predicted octanol–water partition coefficient (Wildman–Crippen LogP) is 0.536. The monoisotopic (exact) mass is 299 g/mol. The molecule has 10 heteroatoms. The molecule has 0 spiro atoms. The van der Waals surface area contributed by atoms with Crippen LogP contribution in [-0.4, -0.2) is 67.5 Å². The SMILES string of the molecule is CN(C)[S+](N(C)C)N(C)C.[O-]C(F)(F)C(F)(F)F. The molecule has 0 aromatic heterocycles. The minimum atomic E-state index is -5.95. The third-order valence-corrected chi connectivity index (χ3v) is 3.27. The van der Waals surface area contributed by atoms with Crippen molar-refractivity contribution >= 4 is 11.5 Å². The van der Waals surface area contributed by atoms with Gasteiger partial charge in [0.05, 0.1) is 0 Å². The van der Waals surface area contributed by atoms with E-state index in [9.17, 15) is 22.0 Å². The molecule has 0 saturated carbocycles. The highest BCUT2D eigenvalue weighted by atomic mass is 32.2. The zero-order chi connectivity index (χ0) is 15.3. The molecule has 0 radical (unpaired) electrons. The van der Waals surface area contributed by atoms with E-state index in [1.54, 1.807) is 0 Å². The van der Waals surface area contributed by atoms with E-state index in [-0.39, 0.29) is 11.5 Å². The second kappa shape index (κ2) is 7.43. The molecule has 0 saturated heterocycles. The lowest BCUT2D eigenvalue weighted by Crippen LogP contribution is -2.48. The highest BCUT2D eigenvalue weighted by Gasteiger charge is 2.47. The summed E-state index contributed by atoms with van der Waals surface area (Å²) >= 11 is 0.120. The Hall–Kier alpha value is -0.160. The molecular weight excluding hydrogens is 281 g/mol. The molecule has 112 valence electrons. The normalized spacial score (nSPS) is 13.3. The number of nitrogens with zero attached hydrogens (tertiary/aromatic N) is 3. The average Bonchev–Trinajstić information content (AvgIpc) is 1.96. The molecule has 0 heterocycles. The largest absolute Gasteiger partial charge is 0.791 e. The Morgan fingerprint density at radius 1 is 0.722 bits per heavy atom. The Morgan fingerprint density at radius 2 is 0.889 bits per heavy atom. The van der Waals surface area contributed by atoms with Gasteiger partial charge in [0.25, 0.3) is 17.6 Å². The van der Waals surface area contributed by atoms with E-state index in [1.165, 1.54) is 0 Å². The Balaban J connectivity index is 0. The minimum Gasteiger partial charge on any atom is -0.791 e. The summed E-state index contributed by atoms with van der Waals surface area (Å²) in [7, 11) is 12.5. The molecule has 0 aromatic rings. The van der Waals surface area contributed by atoms with E-state index in [0.29, 0.717) is 0 Å². The minimum absolute atomic E-state index is 0.120. The molecule has 0 unspecified atom stereocenters. The number of hydrogen-bond acceptors (Lipinski definition) is 4. The molecule has 0 aromatic carbocycles. The van der Waals surface area contributed by atoms with Crippen LogP contribution in [0.25, 0.3) is 0 Å². The predicted molar refractivity (Wildman–Crippen MR) is 59.4 cm³/mol. The van der Waals surface area contributed by atoms with Gasteiger partial charge in [-0.15, -0.1) is 0 Å². The molecule has 0 aliphatic rings. The third kappa shape index (κ3) is 8.03. The summed E-state index contributed by atoms with van der Waals surface area (Å²) in [5.74, 6) is 0. The fourth-order valence-electron chi connectivity index (χ4n) is 0.980. The van der Waals surface area contributed by atoms with E-state index in [4.69, 9.17) is 5.11 Å². The molecule has 0 bridgehead atoms. The van der Waals surface area contributed by atoms with Gasteiger partial charge in [-0.3, -0.25) is 0 Å². The Morgan fingerprint density at radius 3 is 0.889 bits per heavy atom. The van der Waals surface area contributed by atoms with Crippen molar-refractivity contribution in [2.45, 2.75) is 12.3 Å². The van der Waals surface area contributed by atoms with Crippen molar-refractivity contribution in [2.24, 2.45) is 0 Å². The van der Waals surface area contributed by atoms with Gasteiger partial charge in [-0.25, -0.2) is 8.78 Å². The van der Waals surface area contributed by atoms with Crippen LogP contribution in [0.4, 0.5) is 22.0 Å². The molecule has 0 atom stereocenters. The van der Waals surface area contributed by atoms with Gasteiger partial charge < -0.3 is 5.11 Å². The average molecular weight is 299 g/mol. The molecule has 0 fully saturated rings. The van der Waals surface area contributed by atoms with Crippen LogP contribution in [0, 0.1) is 0 Å². The zero-order valence-electron chi connectivity index (χ0n) is 11.0. The van der Waals surface area contributed by atoms with E-state index in [2.05, 4.69) is 55.2 Å². The summed E-state index contributed by atoms with van der Waals surface area (Å²) in [6.45, 7) is 0. The first-order valence-electron chi connectivity index (χ1n) is 4.63. The van der Waals surface area contributed by atoms with E-state index >= 15 is 0 Å². The highest BCUT2D eigenvalue weighted by molar-refractivity contribution is 7.90. The van der Waals surface area contributed by atoms with Crippen LogP contribution >= 0.6 is 0 Å². The third-order valence-electron chi connectivity index (χ3n) is 1.31. The van der Waals surface area contributed by atoms with Crippen molar-refractivity contribution in [3.8, 4) is 0 Å². The van der Waals surface area contributed by atoms with Crippen LogP contribution < -0.4 is 5.11 Å². The number of halogens is 5. The summed E-state index contributed by atoms with van der Waals surface area (Å²) in [6.07, 6.45) is -11.8. The van der Waals surface area contributed by atoms with Crippen molar-refractivity contribution in [1.82, 2.24) is 12.9 Å². The summed E-state index contributed by atoms with van der Waals surface area (Å²) in [6, 6.07) is 0. The number of hydrogen-bond donors (Lipinski definition) is 0. The molecule has 0 aliphatic carbocycles. The molecule has 18 heavy (non-hydrogen) atoms. The van der Waals surface area contributed by atoms with Crippen molar-refractivity contribution in [1.29, 1.82) is 0 Å². The summed E-state index contributed by atoms with van der Waals surface area (Å²) in [5, 5.41) is 8.67. The number of rotatable bonds is 3. The van der Waals surface area contributed by atoms with Gasteiger partial charge in [0, 0.05) is 42.3 Å². The van der Waals surface area contributed by atoms with E-state index < -0.39 is 12.3 Å². The Labute approximate surface area is 107 Å². The molecule has 4 nitrogen and oxygen atoms in total. The van der Waals surface area contributed by atoms with E-state index in [1.807, 2.05) is 0 Å². The Kier molecular flexibility index (Phi) is 8.33. The maximum atomic E-state index is 10.5. The quantitative estimate of drug-likeness (QED) is 0.562. The smallest absolute Gasteiger partial charge is 0.437 e. The Bertz CT molecular complexity index is 199. The van der Waals surface area contributed by atoms with Crippen molar-refractivity contribution in [3.63, 3.8) is 0 Å². The van der Waals surface area contributed by atoms with Crippen LogP contribution in [0.5, 0.6) is 0 Å². The first-order chi connectivity index (χ1) is 7.71. The standard InChI is InChI=1S/C6H18N3S.C2F5O/c1-7(2)10(8(3)4)9(5)6;3-1(4,5)2(6,7)8/h1-6H3;/q+1;-1. The molecule has 0 N–H and O–H groups in total. The molecule has 0 rings (SSSR count). The highest BCUT2D eigenvalue weighted by Crippen LogP contribution is 2.29. The van der Waals surface area contributed by atoms with Crippen molar-refractivity contribution in [2.75, 3.05) is 42.3 Å². The van der Waals surface area contributed by atoms with Crippen molar-refractivity contribution < 1.29 is 27.1 Å². The van der Waals surface area contributed by atoms with Crippen LogP contribution in [-0.2, 0) is 11.5 Å². The van der Waals surface area contributed by atoms with E-state index in [0.717, 1.165) is 0 Å². The zero-order valence-corrected chi connectivity index (χ0v) is 11.9. The molecule has 0 amide bonds. The van der Waals surface area contributed by atoms with Gasteiger partial charge in [-0.1, -0.05) is 12.9 Å². The van der Waals surface area contributed by atoms with Crippen LogP contribution in [0.2, 0.25) is 0 Å². The second-order valence-electron chi connectivity index (χ2n) is 3.70. The lowest BCUT2D eigenvalue weighted by molar-refractivity contribution is -0.627. The fourth-order valence-corrected chi connectivity index (χ4v) is 2.94. The van der Waals surface area contributed by atoms with Crippen LogP contribution in [0.15, 0.2) is 0 Å². The first kappa shape index (κ1) is 20.2. The summed E-state index contributed by atoms with van der Waals surface area (Å²) in [4.78, 5) is 0. The van der Waals surface area contributed by atoms with Crippen LogP contribution in [0.1, 0.15) is 0 Å². The number of alkyl halides is 5. The van der Waals surface area contributed by atoms with Gasteiger partial charge in [-0.05, 0) is 0 Å².